The highest BCUT2D eigenvalue weighted by Crippen LogP contribution is 2.27. The van der Waals surface area contributed by atoms with Gasteiger partial charge in [0.05, 0.1) is 17.9 Å². The van der Waals surface area contributed by atoms with Crippen molar-refractivity contribution in [3.8, 4) is 11.5 Å². The molecule has 0 bridgehead atoms. The first-order valence-electron chi connectivity index (χ1n) is 6.23. The molecular formula is C15H14ClNO4. The van der Waals surface area contributed by atoms with Crippen LogP contribution < -0.4 is 9.47 Å². The number of halogens is 1. The van der Waals surface area contributed by atoms with Crippen molar-refractivity contribution in [1.82, 2.24) is 0 Å². The second kappa shape index (κ2) is 6.95. The van der Waals surface area contributed by atoms with Crippen LogP contribution in [0.4, 0.5) is 5.69 Å². The summed E-state index contributed by atoms with van der Waals surface area (Å²) in [5, 5.41) is 10.6. The highest BCUT2D eigenvalue weighted by Gasteiger charge is 2.07. The number of hydrogen-bond donors (Lipinski definition) is 0. The summed E-state index contributed by atoms with van der Waals surface area (Å²) in [7, 11) is 1.58. The molecule has 0 spiro atoms. The quantitative estimate of drug-likeness (QED) is 0.461. The zero-order valence-electron chi connectivity index (χ0n) is 11.4. The molecule has 6 heteroatoms. The normalized spacial score (nSPS) is 10.2. The lowest BCUT2D eigenvalue weighted by molar-refractivity contribution is -0.384. The van der Waals surface area contributed by atoms with Crippen LogP contribution in [0.25, 0.3) is 0 Å². The Labute approximate surface area is 127 Å². The number of methoxy groups -OCH3 is 1. The second-order valence-corrected chi connectivity index (χ2v) is 4.59. The fourth-order valence-corrected chi connectivity index (χ4v) is 2.00. The number of ether oxygens (including phenoxy) is 2. The van der Waals surface area contributed by atoms with Crippen LogP contribution in [-0.2, 0) is 12.5 Å². The molecule has 0 aromatic heterocycles. The van der Waals surface area contributed by atoms with Crippen molar-refractivity contribution in [2.75, 3.05) is 7.11 Å². The van der Waals surface area contributed by atoms with E-state index in [1.807, 2.05) is 12.1 Å². The molecule has 2 aromatic rings. The molecule has 0 radical (unpaired) electrons. The molecule has 21 heavy (non-hydrogen) atoms. The number of nitro groups is 1. The van der Waals surface area contributed by atoms with E-state index in [0.29, 0.717) is 24.0 Å². The number of nitro benzene ring substituents is 1. The molecule has 0 atom stereocenters. The summed E-state index contributed by atoms with van der Waals surface area (Å²) in [5.74, 6) is 1.66. The lowest BCUT2D eigenvalue weighted by Gasteiger charge is -2.11. The highest BCUT2D eigenvalue weighted by atomic mass is 35.5. The van der Waals surface area contributed by atoms with Gasteiger partial charge in [-0.25, -0.2) is 0 Å². The Morgan fingerprint density at radius 3 is 2.48 bits per heavy atom. The Kier molecular flexibility index (Phi) is 5.00. The molecule has 0 unspecified atom stereocenters. The van der Waals surface area contributed by atoms with E-state index >= 15 is 0 Å². The first-order valence-corrected chi connectivity index (χ1v) is 6.76. The predicted molar refractivity (Wildman–Crippen MR) is 80.0 cm³/mol. The number of rotatable bonds is 6. The van der Waals surface area contributed by atoms with Crippen LogP contribution in [-0.4, -0.2) is 12.0 Å². The Bertz CT molecular complexity index is 628. The maximum absolute atomic E-state index is 10.6. The molecule has 0 saturated carbocycles. The maximum Gasteiger partial charge on any atom is 0.269 e. The molecule has 110 valence electrons. The minimum absolute atomic E-state index is 0.0570. The Morgan fingerprint density at radius 1 is 1.19 bits per heavy atom. The fourth-order valence-electron chi connectivity index (χ4n) is 1.78. The highest BCUT2D eigenvalue weighted by molar-refractivity contribution is 6.17. The fraction of sp³-hybridized carbons (Fsp3) is 0.200. The zero-order valence-corrected chi connectivity index (χ0v) is 12.2. The van der Waals surface area contributed by atoms with Gasteiger partial charge in [0, 0.05) is 23.8 Å². The Hall–Kier alpha value is -2.27. The molecule has 0 aliphatic heterocycles. The number of non-ortho nitro benzene ring substituents is 1. The summed E-state index contributed by atoms with van der Waals surface area (Å²) in [4.78, 5) is 10.2. The largest absolute Gasteiger partial charge is 0.497 e. The third-order valence-electron chi connectivity index (χ3n) is 2.96. The third kappa shape index (κ3) is 3.86. The predicted octanol–water partition coefficient (Wildman–Crippen LogP) is 3.92. The molecule has 2 rings (SSSR count). The van der Waals surface area contributed by atoms with Gasteiger partial charge in [-0.2, -0.15) is 0 Å². The van der Waals surface area contributed by atoms with Crippen molar-refractivity contribution < 1.29 is 14.4 Å². The Balaban J connectivity index is 2.10. The van der Waals surface area contributed by atoms with Crippen molar-refractivity contribution >= 4 is 17.3 Å². The summed E-state index contributed by atoms with van der Waals surface area (Å²) >= 11 is 5.87. The van der Waals surface area contributed by atoms with E-state index in [1.165, 1.54) is 12.1 Å². The first kappa shape index (κ1) is 15.1. The van der Waals surface area contributed by atoms with Crippen molar-refractivity contribution in [3.05, 3.63) is 63.7 Å². The molecule has 5 nitrogen and oxygen atoms in total. The third-order valence-corrected chi connectivity index (χ3v) is 3.25. The van der Waals surface area contributed by atoms with Gasteiger partial charge >= 0.3 is 0 Å². The molecule has 0 saturated heterocycles. The van der Waals surface area contributed by atoms with Gasteiger partial charge in [0.1, 0.15) is 18.1 Å². The number of benzene rings is 2. The van der Waals surface area contributed by atoms with Gasteiger partial charge in [0.25, 0.3) is 5.69 Å². The summed E-state index contributed by atoms with van der Waals surface area (Å²) < 4.78 is 10.9. The van der Waals surface area contributed by atoms with Crippen LogP contribution in [0.2, 0.25) is 0 Å². The molecule has 0 aliphatic carbocycles. The van der Waals surface area contributed by atoms with Crippen molar-refractivity contribution in [1.29, 1.82) is 0 Å². The minimum atomic E-state index is -0.432. The van der Waals surface area contributed by atoms with E-state index in [0.717, 1.165) is 11.1 Å². The van der Waals surface area contributed by atoms with Crippen LogP contribution in [0.1, 0.15) is 11.1 Å². The van der Waals surface area contributed by atoms with Gasteiger partial charge in [-0.05, 0) is 23.8 Å². The van der Waals surface area contributed by atoms with Gasteiger partial charge in [-0.1, -0.05) is 6.07 Å². The summed E-state index contributed by atoms with van der Waals surface area (Å²) in [6, 6.07) is 11.7. The van der Waals surface area contributed by atoms with E-state index < -0.39 is 4.92 Å². The van der Waals surface area contributed by atoms with E-state index in [2.05, 4.69) is 0 Å². The van der Waals surface area contributed by atoms with E-state index in [-0.39, 0.29) is 5.69 Å². The SMILES string of the molecule is COc1ccc(CCl)c(OCc2ccc([N+](=O)[O-])cc2)c1. The molecule has 0 amide bonds. The average Bonchev–Trinajstić information content (AvgIpc) is 2.52. The standard InChI is InChI=1S/C15H14ClNO4/c1-20-14-7-4-12(9-16)15(8-14)21-10-11-2-5-13(6-3-11)17(18)19/h2-8H,9-10H2,1H3. The van der Waals surface area contributed by atoms with Crippen LogP contribution in [0.5, 0.6) is 11.5 Å². The smallest absolute Gasteiger partial charge is 0.269 e. The maximum atomic E-state index is 10.6. The van der Waals surface area contributed by atoms with E-state index in [4.69, 9.17) is 21.1 Å². The van der Waals surface area contributed by atoms with Gasteiger partial charge in [0.2, 0.25) is 0 Å². The molecule has 0 N–H and O–H groups in total. The number of hydrogen-bond acceptors (Lipinski definition) is 4. The summed E-state index contributed by atoms with van der Waals surface area (Å²) in [6.45, 7) is 0.301. The molecule has 0 aliphatic rings. The van der Waals surface area contributed by atoms with Crippen LogP contribution in [0.3, 0.4) is 0 Å². The van der Waals surface area contributed by atoms with Gasteiger partial charge < -0.3 is 9.47 Å². The molecular weight excluding hydrogens is 294 g/mol. The zero-order chi connectivity index (χ0) is 15.2. The molecule has 2 aromatic carbocycles. The minimum Gasteiger partial charge on any atom is -0.497 e. The van der Waals surface area contributed by atoms with E-state index in [9.17, 15) is 10.1 Å². The van der Waals surface area contributed by atoms with E-state index in [1.54, 1.807) is 25.3 Å². The molecule has 0 fully saturated rings. The number of nitrogens with zero attached hydrogens (tertiary/aromatic N) is 1. The lowest BCUT2D eigenvalue weighted by Crippen LogP contribution is -1.99. The van der Waals surface area contributed by atoms with Gasteiger partial charge in [-0.15, -0.1) is 11.6 Å². The summed E-state index contributed by atoms with van der Waals surface area (Å²) in [5.41, 5.74) is 1.75. The van der Waals surface area contributed by atoms with Crippen molar-refractivity contribution in [3.63, 3.8) is 0 Å². The van der Waals surface area contributed by atoms with Gasteiger partial charge in [0.15, 0.2) is 0 Å². The number of alkyl halides is 1. The van der Waals surface area contributed by atoms with Crippen molar-refractivity contribution in [2.24, 2.45) is 0 Å². The topological polar surface area (TPSA) is 61.6 Å². The van der Waals surface area contributed by atoms with Crippen molar-refractivity contribution in [2.45, 2.75) is 12.5 Å². The average molecular weight is 308 g/mol. The van der Waals surface area contributed by atoms with Gasteiger partial charge in [-0.3, -0.25) is 10.1 Å². The molecule has 0 heterocycles. The van der Waals surface area contributed by atoms with Crippen LogP contribution in [0, 0.1) is 10.1 Å². The Morgan fingerprint density at radius 2 is 1.90 bits per heavy atom. The monoisotopic (exact) mass is 307 g/mol. The van der Waals surface area contributed by atoms with Crippen LogP contribution in [0.15, 0.2) is 42.5 Å². The van der Waals surface area contributed by atoms with Crippen LogP contribution >= 0.6 is 11.6 Å². The second-order valence-electron chi connectivity index (χ2n) is 4.32. The first-order chi connectivity index (χ1) is 10.1. The lowest BCUT2D eigenvalue weighted by atomic mass is 10.2. The summed E-state index contributed by atoms with van der Waals surface area (Å²) in [6.07, 6.45) is 0.